The summed E-state index contributed by atoms with van der Waals surface area (Å²) in [4.78, 5) is 12.5. The monoisotopic (exact) mass is 434 g/mol. The fourth-order valence-corrected chi connectivity index (χ4v) is 3.78. The summed E-state index contributed by atoms with van der Waals surface area (Å²) in [6.45, 7) is 4.51. The predicted octanol–water partition coefficient (Wildman–Crippen LogP) is 2.12. The van der Waals surface area contributed by atoms with Crippen molar-refractivity contribution in [2.24, 2.45) is 0 Å². The molecular weight excluding hydrogens is 408 g/mol. The van der Waals surface area contributed by atoms with Crippen molar-refractivity contribution in [3.63, 3.8) is 0 Å². The van der Waals surface area contributed by atoms with Crippen molar-refractivity contribution >= 4 is 21.6 Å². The summed E-state index contributed by atoms with van der Waals surface area (Å²) in [6.07, 6.45) is 1.06. The lowest BCUT2D eigenvalue weighted by atomic mass is 10.2. The number of nitrogens with one attached hydrogen (secondary N) is 1. The third-order valence-corrected chi connectivity index (χ3v) is 5.57. The third kappa shape index (κ3) is 5.79. The summed E-state index contributed by atoms with van der Waals surface area (Å²) in [6, 6.07) is 12.1. The van der Waals surface area contributed by atoms with Crippen LogP contribution in [0.2, 0.25) is 0 Å². The lowest BCUT2D eigenvalue weighted by Gasteiger charge is -2.25. The Morgan fingerprint density at radius 3 is 2.47 bits per heavy atom. The molecule has 162 valence electrons. The van der Waals surface area contributed by atoms with Crippen molar-refractivity contribution in [2.45, 2.75) is 19.9 Å². The van der Waals surface area contributed by atoms with E-state index < -0.39 is 15.9 Å². The molecule has 1 heterocycles. The molecule has 0 aliphatic carbocycles. The SMILES string of the molecule is Cc1ccc(OC[C@@H](C)NC(=O)CN(c2ccc3c(c2)OCCO3)S(C)(=O)=O)cc1. The summed E-state index contributed by atoms with van der Waals surface area (Å²) in [5.41, 5.74) is 1.46. The largest absolute Gasteiger partial charge is 0.491 e. The van der Waals surface area contributed by atoms with Crippen LogP contribution in [0.5, 0.6) is 17.2 Å². The van der Waals surface area contributed by atoms with E-state index in [1.807, 2.05) is 31.2 Å². The standard InChI is InChI=1S/C21H26N2O6S/c1-15-4-7-18(8-5-15)29-14-16(2)22-21(24)13-23(30(3,25)26)17-6-9-19-20(12-17)28-11-10-27-19/h4-9,12,16H,10-11,13-14H2,1-3H3,(H,22,24)/t16-/m1/s1. The molecule has 1 atom stereocenters. The summed E-state index contributed by atoms with van der Waals surface area (Å²) in [5.74, 6) is 1.27. The van der Waals surface area contributed by atoms with Gasteiger partial charge in [-0.3, -0.25) is 9.10 Å². The Labute approximate surface area is 176 Å². The van der Waals surface area contributed by atoms with Crippen LogP contribution in [0.3, 0.4) is 0 Å². The molecule has 8 nitrogen and oxygen atoms in total. The number of hydrogen-bond acceptors (Lipinski definition) is 6. The Hall–Kier alpha value is -2.94. The maximum atomic E-state index is 12.5. The van der Waals surface area contributed by atoms with E-state index in [1.54, 1.807) is 25.1 Å². The number of sulfonamides is 1. The number of benzene rings is 2. The van der Waals surface area contributed by atoms with Crippen molar-refractivity contribution in [3.8, 4) is 17.2 Å². The zero-order valence-corrected chi connectivity index (χ0v) is 18.1. The number of rotatable bonds is 8. The molecular formula is C21H26N2O6S. The topological polar surface area (TPSA) is 94.2 Å². The molecule has 0 bridgehead atoms. The number of anilines is 1. The van der Waals surface area contributed by atoms with Gasteiger partial charge in [-0.15, -0.1) is 0 Å². The highest BCUT2D eigenvalue weighted by molar-refractivity contribution is 7.92. The van der Waals surface area contributed by atoms with Crippen LogP contribution in [0.25, 0.3) is 0 Å². The van der Waals surface area contributed by atoms with Crippen molar-refractivity contribution in [2.75, 3.05) is 36.9 Å². The summed E-state index contributed by atoms with van der Waals surface area (Å²) in [7, 11) is -3.69. The van der Waals surface area contributed by atoms with E-state index >= 15 is 0 Å². The maximum absolute atomic E-state index is 12.5. The maximum Gasteiger partial charge on any atom is 0.241 e. The predicted molar refractivity (Wildman–Crippen MR) is 114 cm³/mol. The van der Waals surface area contributed by atoms with Gasteiger partial charge < -0.3 is 19.5 Å². The highest BCUT2D eigenvalue weighted by Gasteiger charge is 2.24. The van der Waals surface area contributed by atoms with E-state index in [2.05, 4.69) is 5.32 Å². The molecule has 1 N–H and O–H groups in total. The number of ether oxygens (including phenoxy) is 3. The average molecular weight is 435 g/mol. The highest BCUT2D eigenvalue weighted by Crippen LogP contribution is 2.34. The molecule has 2 aromatic carbocycles. The second-order valence-electron chi connectivity index (χ2n) is 7.19. The van der Waals surface area contributed by atoms with Gasteiger partial charge >= 0.3 is 0 Å². The average Bonchev–Trinajstić information content (AvgIpc) is 2.70. The summed E-state index contributed by atoms with van der Waals surface area (Å²) in [5, 5.41) is 2.77. The van der Waals surface area contributed by atoms with Gasteiger partial charge in [-0.25, -0.2) is 8.42 Å². The van der Waals surface area contributed by atoms with Crippen LogP contribution in [0.4, 0.5) is 5.69 Å². The summed E-state index contributed by atoms with van der Waals surface area (Å²) >= 11 is 0. The van der Waals surface area contributed by atoms with Gasteiger partial charge in [0.1, 0.15) is 32.1 Å². The molecule has 0 saturated heterocycles. The second-order valence-corrected chi connectivity index (χ2v) is 9.10. The summed E-state index contributed by atoms with van der Waals surface area (Å²) < 4.78 is 42.3. The Morgan fingerprint density at radius 1 is 1.13 bits per heavy atom. The van der Waals surface area contributed by atoms with Crippen LogP contribution in [-0.4, -0.2) is 53.0 Å². The number of carbonyl (C=O) groups is 1. The molecule has 0 radical (unpaired) electrons. The lowest BCUT2D eigenvalue weighted by Crippen LogP contribution is -2.44. The Morgan fingerprint density at radius 2 is 1.80 bits per heavy atom. The Balaban J connectivity index is 1.62. The minimum absolute atomic E-state index is 0.262. The number of fused-ring (bicyclic) bond motifs is 1. The van der Waals surface area contributed by atoms with Crippen molar-refractivity contribution < 1.29 is 27.4 Å². The van der Waals surface area contributed by atoms with Gasteiger partial charge in [0, 0.05) is 6.07 Å². The molecule has 9 heteroatoms. The zero-order valence-electron chi connectivity index (χ0n) is 17.3. The molecule has 1 aliphatic heterocycles. The van der Waals surface area contributed by atoms with Crippen molar-refractivity contribution in [3.05, 3.63) is 48.0 Å². The fraction of sp³-hybridized carbons (Fsp3) is 0.381. The molecule has 1 aliphatic rings. The van der Waals surface area contributed by atoms with Gasteiger partial charge in [-0.2, -0.15) is 0 Å². The molecule has 1 amide bonds. The van der Waals surface area contributed by atoms with Crippen LogP contribution < -0.4 is 23.8 Å². The smallest absolute Gasteiger partial charge is 0.241 e. The third-order valence-electron chi connectivity index (χ3n) is 4.43. The minimum atomic E-state index is -3.69. The molecule has 2 aromatic rings. The zero-order chi connectivity index (χ0) is 21.7. The molecule has 30 heavy (non-hydrogen) atoms. The first-order valence-corrected chi connectivity index (χ1v) is 11.4. The fourth-order valence-electron chi connectivity index (χ4n) is 2.94. The van der Waals surface area contributed by atoms with E-state index in [0.29, 0.717) is 36.1 Å². The van der Waals surface area contributed by atoms with E-state index in [1.165, 1.54) is 0 Å². The van der Waals surface area contributed by atoms with Crippen molar-refractivity contribution in [1.29, 1.82) is 0 Å². The van der Waals surface area contributed by atoms with Gasteiger partial charge in [-0.1, -0.05) is 17.7 Å². The van der Waals surface area contributed by atoms with E-state index in [4.69, 9.17) is 14.2 Å². The van der Waals surface area contributed by atoms with Gasteiger partial charge in [-0.05, 0) is 38.1 Å². The molecule has 0 saturated carbocycles. The van der Waals surface area contributed by atoms with Crippen LogP contribution in [-0.2, 0) is 14.8 Å². The van der Waals surface area contributed by atoms with Crippen LogP contribution in [0.1, 0.15) is 12.5 Å². The first-order chi connectivity index (χ1) is 14.2. The van der Waals surface area contributed by atoms with Crippen LogP contribution >= 0.6 is 0 Å². The van der Waals surface area contributed by atoms with E-state index in [0.717, 1.165) is 16.1 Å². The van der Waals surface area contributed by atoms with Crippen LogP contribution in [0, 0.1) is 6.92 Å². The molecule has 0 spiro atoms. The number of aryl methyl sites for hydroxylation is 1. The molecule has 3 rings (SSSR count). The number of carbonyl (C=O) groups excluding carboxylic acids is 1. The molecule has 0 aromatic heterocycles. The first-order valence-electron chi connectivity index (χ1n) is 9.58. The van der Waals surface area contributed by atoms with E-state index in [-0.39, 0.29) is 19.2 Å². The number of nitrogens with zero attached hydrogens (tertiary/aromatic N) is 1. The Kier molecular flexibility index (Phi) is 6.71. The highest BCUT2D eigenvalue weighted by atomic mass is 32.2. The number of amides is 1. The first kappa shape index (κ1) is 21.8. The van der Waals surface area contributed by atoms with E-state index in [9.17, 15) is 13.2 Å². The van der Waals surface area contributed by atoms with Crippen LogP contribution in [0.15, 0.2) is 42.5 Å². The normalized spacial score (nSPS) is 14.0. The van der Waals surface area contributed by atoms with Gasteiger partial charge in [0.2, 0.25) is 15.9 Å². The van der Waals surface area contributed by atoms with Gasteiger partial charge in [0.15, 0.2) is 11.5 Å². The lowest BCUT2D eigenvalue weighted by molar-refractivity contribution is -0.120. The van der Waals surface area contributed by atoms with Gasteiger partial charge in [0.25, 0.3) is 0 Å². The number of hydrogen-bond donors (Lipinski definition) is 1. The second kappa shape index (κ2) is 9.25. The molecule has 0 unspecified atom stereocenters. The quantitative estimate of drug-likeness (QED) is 0.684. The van der Waals surface area contributed by atoms with Crippen molar-refractivity contribution in [1.82, 2.24) is 5.32 Å². The minimum Gasteiger partial charge on any atom is -0.491 e. The van der Waals surface area contributed by atoms with Gasteiger partial charge in [0.05, 0.1) is 18.0 Å². The molecule has 0 fully saturated rings. The Bertz CT molecular complexity index is 991.